The molecule has 3 heteroatoms. The number of fused-ring (bicyclic) bond motifs is 2. The van der Waals surface area contributed by atoms with Crippen LogP contribution < -0.4 is 0 Å². The summed E-state index contributed by atoms with van der Waals surface area (Å²) in [6.45, 7) is 2.78. The van der Waals surface area contributed by atoms with Crippen LogP contribution in [0.25, 0.3) is 0 Å². The Morgan fingerprint density at radius 1 is 1.33 bits per heavy atom. The molecule has 0 spiro atoms. The van der Waals surface area contributed by atoms with Crippen LogP contribution in [0.3, 0.4) is 0 Å². The van der Waals surface area contributed by atoms with Crippen molar-refractivity contribution in [2.75, 3.05) is 20.6 Å². The smallest absolute Gasteiger partial charge is 0.129 e. The highest BCUT2D eigenvalue weighted by atomic mass is 19.1. The third-order valence-electron chi connectivity index (χ3n) is 5.51. The van der Waals surface area contributed by atoms with E-state index < -0.39 is 5.60 Å². The lowest BCUT2D eigenvalue weighted by molar-refractivity contribution is -0.0912. The molecule has 2 bridgehead atoms. The number of hydrogen-bond donors (Lipinski definition) is 1. The summed E-state index contributed by atoms with van der Waals surface area (Å²) in [6, 6.07) is 5.13. The number of halogens is 1. The summed E-state index contributed by atoms with van der Waals surface area (Å²) in [7, 11) is 4.07. The predicted octanol–water partition coefficient (Wildman–Crippen LogP) is 3.32. The van der Waals surface area contributed by atoms with Crippen LogP contribution in [0.5, 0.6) is 0 Å². The van der Waals surface area contributed by atoms with Gasteiger partial charge in [0.1, 0.15) is 5.82 Å². The van der Waals surface area contributed by atoms with Crippen molar-refractivity contribution in [3.63, 3.8) is 0 Å². The van der Waals surface area contributed by atoms with E-state index >= 15 is 0 Å². The van der Waals surface area contributed by atoms with Crippen molar-refractivity contribution in [1.82, 2.24) is 4.90 Å². The van der Waals surface area contributed by atoms with E-state index in [1.807, 2.05) is 27.1 Å². The van der Waals surface area contributed by atoms with Crippen molar-refractivity contribution in [2.24, 2.45) is 17.8 Å². The van der Waals surface area contributed by atoms with Gasteiger partial charge in [-0.25, -0.2) is 4.39 Å². The van der Waals surface area contributed by atoms with E-state index in [2.05, 4.69) is 4.90 Å². The SMILES string of the molecule is Cc1ccc(F)c([C@@]2(O)C[C@H]3CC[C@@H](C3)[C@@H]2CN(C)C)c1. The molecule has 0 aliphatic heterocycles. The molecule has 1 N–H and O–H groups in total. The van der Waals surface area contributed by atoms with Crippen LogP contribution in [-0.2, 0) is 5.60 Å². The molecular formula is C18H26FNO. The van der Waals surface area contributed by atoms with Gasteiger partial charge in [0, 0.05) is 18.0 Å². The molecule has 2 nitrogen and oxygen atoms in total. The Morgan fingerprint density at radius 3 is 2.81 bits per heavy atom. The summed E-state index contributed by atoms with van der Waals surface area (Å²) >= 11 is 0. The maximum atomic E-state index is 14.4. The van der Waals surface area contributed by atoms with Gasteiger partial charge in [-0.3, -0.25) is 0 Å². The topological polar surface area (TPSA) is 23.5 Å². The van der Waals surface area contributed by atoms with Gasteiger partial charge in [0.2, 0.25) is 0 Å². The lowest BCUT2D eigenvalue weighted by Gasteiger charge is -2.45. The highest BCUT2D eigenvalue weighted by Gasteiger charge is 2.52. The molecule has 21 heavy (non-hydrogen) atoms. The van der Waals surface area contributed by atoms with Crippen molar-refractivity contribution >= 4 is 0 Å². The maximum Gasteiger partial charge on any atom is 0.129 e. The van der Waals surface area contributed by atoms with Crippen LogP contribution >= 0.6 is 0 Å². The molecule has 0 unspecified atom stereocenters. The molecule has 0 heterocycles. The normalized spacial score (nSPS) is 35.4. The van der Waals surface area contributed by atoms with E-state index in [0.717, 1.165) is 12.1 Å². The van der Waals surface area contributed by atoms with Crippen LogP contribution in [0.4, 0.5) is 4.39 Å². The lowest BCUT2D eigenvalue weighted by Crippen LogP contribution is -2.48. The van der Waals surface area contributed by atoms with Gasteiger partial charge in [-0.05, 0) is 58.2 Å². The minimum Gasteiger partial charge on any atom is -0.385 e. The Morgan fingerprint density at radius 2 is 2.10 bits per heavy atom. The predicted molar refractivity (Wildman–Crippen MR) is 82.5 cm³/mol. The molecule has 4 atom stereocenters. The zero-order valence-corrected chi connectivity index (χ0v) is 13.3. The summed E-state index contributed by atoms with van der Waals surface area (Å²) in [5.41, 5.74) is 0.525. The molecule has 2 aliphatic carbocycles. The van der Waals surface area contributed by atoms with Crippen LogP contribution in [0.1, 0.15) is 36.8 Å². The van der Waals surface area contributed by atoms with Gasteiger partial charge in [0.25, 0.3) is 0 Å². The van der Waals surface area contributed by atoms with Crippen LogP contribution in [-0.4, -0.2) is 30.6 Å². The van der Waals surface area contributed by atoms with Crippen molar-refractivity contribution in [3.05, 3.63) is 35.1 Å². The van der Waals surface area contributed by atoms with E-state index in [4.69, 9.17) is 0 Å². The van der Waals surface area contributed by atoms with Crippen LogP contribution in [0, 0.1) is 30.5 Å². The molecule has 3 rings (SSSR count). The first-order valence-electron chi connectivity index (χ1n) is 8.04. The fourth-order valence-electron chi connectivity index (χ4n) is 4.62. The molecule has 0 amide bonds. The Labute approximate surface area is 127 Å². The number of aliphatic hydroxyl groups is 1. The summed E-state index contributed by atoms with van der Waals surface area (Å²) in [6.07, 6.45) is 4.28. The van der Waals surface area contributed by atoms with Gasteiger partial charge in [-0.2, -0.15) is 0 Å². The monoisotopic (exact) mass is 291 g/mol. The summed E-state index contributed by atoms with van der Waals surface area (Å²) in [5.74, 6) is 0.949. The fourth-order valence-corrected chi connectivity index (χ4v) is 4.62. The third kappa shape index (κ3) is 2.62. The van der Waals surface area contributed by atoms with Crippen molar-refractivity contribution < 1.29 is 9.50 Å². The zero-order valence-electron chi connectivity index (χ0n) is 13.3. The van der Waals surface area contributed by atoms with Crippen molar-refractivity contribution in [3.8, 4) is 0 Å². The lowest BCUT2D eigenvalue weighted by atomic mass is 9.65. The summed E-state index contributed by atoms with van der Waals surface area (Å²) in [4.78, 5) is 2.13. The Bertz CT molecular complexity index is 530. The van der Waals surface area contributed by atoms with Gasteiger partial charge < -0.3 is 10.0 Å². The number of nitrogens with zero attached hydrogens (tertiary/aromatic N) is 1. The average molecular weight is 291 g/mol. The molecule has 1 aromatic carbocycles. The molecule has 116 valence electrons. The molecule has 2 aliphatic rings. The number of rotatable bonds is 3. The summed E-state index contributed by atoms with van der Waals surface area (Å²) < 4.78 is 14.4. The second kappa shape index (κ2) is 5.36. The third-order valence-corrected chi connectivity index (χ3v) is 5.51. The van der Waals surface area contributed by atoms with E-state index in [1.165, 1.54) is 25.3 Å². The number of hydrogen-bond acceptors (Lipinski definition) is 2. The van der Waals surface area contributed by atoms with E-state index in [9.17, 15) is 9.50 Å². The largest absolute Gasteiger partial charge is 0.385 e. The molecular weight excluding hydrogens is 265 g/mol. The molecule has 1 aromatic rings. The first-order chi connectivity index (χ1) is 9.90. The average Bonchev–Trinajstić information content (AvgIpc) is 2.81. The van der Waals surface area contributed by atoms with Crippen molar-refractivity contribution in [2.45, 2.75) is 38.2 Å². The Kier molecular flexibility index (Phi) is 3.83. The molecule has 0 saturated heterocycles. The molecule has 2 fully saturated rings. The quantitative estimate of drug-likeness (QED) is 0.923. The first-order valence-corrected chi connectivity index (χ1v) is 8.04. The second-order valence-corrected chi connectivity index (χ2v) is 7.42. The molecule has 0 aromatic heterocycles. The van der Waals surface area contributed by atoms with Crippen LogP contribution in [0.15, 0.2) is 18.2 Å². The second-order valence-electron chi connectivity index (χ2n) is 7.42. The van der Waals surface area contributed by atoms with Crippen molar-refractivity contribution in [1.29, 1.82) is 0 Å². The van der Waals surface area contributed by atoms with Gasteiger partial charge in [-0.15, -0.1) is 0 Å². The maximum absolute atomic E-state index is 14.4. The van der Waals surface area contributed by atoms with Gasteiger partial charge >= 0.3 is 0 Å². The molecule has 0 radical (unpaired) electrons. The minimum atomic E-state index is -1.01. The van der Waals surface area contributed by atoms with E-state index in [0.29, 0.717) is 23.8 Å². The standard InChI is InChI=1S/C18H26FNO/c1-12-4-7-17(19)15(8-12)18(21)10-13-5-6-14(9-13)16(18)11-20(2)3/h4,7-8,13-14,16,21H,5-6,9-11H2,1-3H3/t13-,14-,16-,18-/m0/s1. The van der Waals surface area contributed by atoms with E-state index in [-0.39, 0.29) is 11.7 Å². The fraction of sp³-hybridized carbons (Fsp3) is 0.667. The van der Waals surface area contributed by atoms with Gasteiger partial charge in [0.05, 0.1) is 5.60 Å². The van der Waals surface area contributed by atoms with E-state index in [1.54, 1.807) is 6.07 Å². The molecule has 2 saturated carbocycles. The zero-order chi connectivity index (χ0) is 15.2. The Balaban J connectivity index is 2.04. The number of benzene rings is 1. The Hall–Kier alpha value is -0.930. The first kappa shape index (κ1) is 15.0. The summed E-state index contributed by atoms with van der Waals surface area (Å²) in [5, 5.41) is 11.5. The highest BCUT2D eigenvalue weighted by Crippen LogP contribution is 2.54. The van der Waals surface area contributed by atoms with Crippen LogP contribution in [0.2, 0.25) is 0 Å². The minimum absolute atomic E-state index is 0.127. The van der Waals surface area contributed by atoms with Gasteiger partial charge in [0.15, 0.2) is 0 Å². The number of aryl methyl sites for hydroxylation is 1. The highest BCUT2D eigenvalue weighted by molar-refractivity contribution is 5.31. The van der Waals surface area contributed by atoms with Gasteiger partial charge in [-0.1, -0.05) is 24.1 Å².